The van der Waals surface area contributed by atoms with Crippen LogP contribution in [0.5, 0.6) is 0 Å². The number of nitrogens with zero attached hydrogens (tertiary/aromatic N) is 2. The zero-order valence-electron chi connectivity index (χ0n) is 8.32. The fourth-order valence-electron chi connectivity index (χ4n) is 1.41. The second kappa shape index (κ2) is 3.20. The molecule has 0 atom stereocenters. The molecule has 13 heavy (non-hydrogen) atoms. The maximum atomic E-state index is 11.1. The van der Waals surface area contributed by atoms with Crippen LogP contribution < -0.4 is 5.14 Å². The van der Waals surface area contributed by atoms with E-state index in [0.717, 1.165) is 6.54 Å². The van der Waals surface area contributed by atoms with Gasteiger partial charge in [0, 0.05) is 25.2 Å². The molecule has 0 spiro atoms. The number of nitrogens with two attached hydrogens (primary N) is 1. The van der Waals surface area contributed by atoms with Crippen LogP contribution in [0, 0.1) is 0 Å². The van der Waals surface area contributed by atoms with Gasteiger partial charge in [-0.15, -0.1) is 0 Å². The third-order valence-corrected chi connectivity index (χ3v) is 3.67. The maximum absolute atomic E-state index is 11.1. The first kappa shape index (κ1) is 10.9. The summed E-state index contributed by atoms with van der Waals surface area (Å²) >= 11 is 0. The van der Waals surface area contributed by atoms with Crippen molar-refractivity contribution in [3.05, 3.63) is 0 Å². The predicted molar refractivity (Wildman–Crippen MR) is 51.4 cm³/mol. The molecule has 1 heterocycles. The Hall–Kier alpha value is -0.170. The molecule has 1 aliphatic rings. The van der Waals surface area contributed by atoms with Gasteiger partial charge in [0.25, 0.3) is 10.2 Å². The number of rotatable bonds is 1. The topological polar surface area (TPSA) is 66.6 Å². The Kier molecular flexibility index (Phi) is 2.68. The lowest BCUT2D eigenvalue weighted by atomic mass is 10.0. The van der Waals surface area contributed by atoms with E-state index >= 15 is 0 Å². The maximum Gasteiger partial charge on any atom is 0.277 e. The lowest BCUT2D eigenvalue weighted by molar-refractivity contribution is 0.0802. The van der Waals surface area contributed by atoms with Crippen LogP contribution in [-0.2, 0) is 10.2 Å². The molecule has 0 aromatic heterocycles. The third kappa shape index (κ3) is 2.40. The van der Waals surface area contributed by atoms with E-state index in [2.05, 4.69) is 4.90 Å². The van der Waals surface area contributed by atoms with E-state index in [1.165, 1.54) is 4.31 Å². The van der Waals surface area contributed by atoms with Crippen LogP contribution in [0.25, 0.3) is 0 Å². The van der Waals surface area contributed by atoms with E-state index in [4.69, 9.17) is 5.14 Å². The summed E-state index contributed by atoms with van der Waals surface area (Å²) in [5.41, 5.74) is -0.134. The fraction of sp³-hybridized carbons (Fsp3) is 1.00. The minimum absolute atomic E-state index is 0.134. The largest absolute Gasteiger partial charge is 0.299 e. The molecular formula is C7H17N3O2S. The van der Waals surface area contributed by atoms with E-state index in [0.29, 0.717) is 13.1 Å². The van der Waals surface area contributed by atoms with E-state index in [9.17, 15) is 8.42 Å². The first-order valence-corrected chi connectivity index (χ1v) is 5.73. The van der Waals surface area contributed by atoms with Crippen LogP contribution in [0.15, 0.2) is 0 Å². The van der Waals surface area contributed by atoms with Crippen molar-refractivity contribution in [3.63, 3.8) is 0 Å². The Bertz CT molecular complexity index is 286. The molecule has 5 nitrogen and oxygen atoms in total. The molecule has 0 saturated carbocycles. The van der Waals surface area contributed by atoms with Gasteiger partial charge >= 0.3 is 0 Å². The SMILES string of the molecule is CN1CCN(S(N)(=O)=O)CC1(C)C. The first-order chi connectivity index (χ1) is 5.73. The highest BCUT2D eigenvalue weighted by Gasteiger charge is 2.34. The van der Waals surface area contributed by atoms with Crippen molar-refractivity contribution in [1.29, 1.82) is 0 Å². The van der Waals surface area contributed by atoms with E-state index in [1.807, 2.05) is 20.9 Å². The number of hydrogen-bond donors (Lipinski definition) is 1. The molecule has 0 aromatic carbocycles. The molecule has 0 radical (unpaired) electrons. The lowest BCUT2D eigenvalue weighted by Gasteiger charge is -2.43. The highest BCUT2D eigenvalue weighted by Crippen LogP contribution is 2.19. The van der Waals surface area contributed by atoms with Crippen molar-refractivity contribution >= 4 is 10.2 Å². The van der Waals surface area contributed by atoms with Gasteiger partial charge in [0.1, 0.15) is 0 Å². The van der Waals surface area contributed by atoms with Gasteiger partial charge in [0.05, 0.1) is 0 Å². The standard InChI is InChI=1S/C7H17N3O2S/c1-7(2)6-10(13(8,11)12)5-4-9(7)3/h4-6H2,1-3H3,(H2,8,11,12). The second-order valence-electron chi connectivity index (χ2n) is 4.11. The lowest BCUT2D eigenvalue weighted by Crippen LogP contribution is -2.59. The van der Waals surface area contributed by atoms with Crippen LogP contribution in [0.4, 0.5) is 0 Å². The van der Waals surface area contributed by atoms with Gasteiger partial charge in [-0.2, -0.15) is 12.7 Å². The molecule has 0 aromatic rings. The van der Waals surface area contributed by atoms with Gasteiger partial charge in [0.2, 0.25) is 0 Å². The normalized spacial score (nSPS) is 26.2. The summed E-state index contributed by atoms with van der Waals surface area (Å²) in [7, 11) is -1.53. The molecule has 6 heteroatoms. The summed E-state index contributed by atoms with van der Waals surface area (Å²) < 4.78 is 23.5. The average molecular weight is 207 g/mol. The van der Waals surface area contributed by atoms with Gasteiger partial charge in [-0.1, -0.05) is 0 Å². The Labute approximate surface area is 79.7 Å². The summed E-state index contributed by atoms with van der Waals surface area (Å²) in [6.07, 6.45) is 0. The van der Waals surface area contributed by atoms with Crippen LogP contribution >= 0.6 is 0 Å². The molecule has 78 valence electrons. The first-order valence-electron chi connectivity index (χ1n) is 4.22. The van der Waals surface area contributed by atoms with E-state index in [1.54, 1.807) is 0 Å². The molecule has 2 N–H and O–H groups in total. The van der Waals surface area contributed by atoms with Gasteiger partial charge in [0.15, 0.2) is 0 Å². The van der Waals surface area contributed by atoms with E-state index < -0.39 is 10.2 Å². The third-order valence-electron chi connectivity index (χ3n) is 2.64. The van der Waals surface area contributed by atoms with Gasteiger partial charge in [-0.3, -0.25) is 4.90 Å². The van der Waals surface area contributed by atoms with Crippen molar-refractivity contribution in [1.82, 2.24) is 9.21 Å². The molecule has 0 unspecified atom stereocenters. The molecule has 1 fully saturated rings. The highest BCUT2D eigenvalue weighted by molar-refractivity contribution is 7.86. The van der Waals surface area contributed by atoms with Crippen molar-refractivity contribution < 1.29 is 8.42 Å². The van der Waals surface area contributed by atoms with Crippen molar-refractivity contribution in [2.24, 2.45) is 5.14 Å². The summed E-state index contributed by atoms with van der Waals surface area (Å²) in [4.78, 5) is 2.13. The molecular weight excluding hydrogens is 190 g/mol. The minimum atomic E-state index is -3.51. The van der Waals surface area contributed by atoms with Gasteiger partial charge < -0.3 is 0 Å². The van der Waals surface area contributed by atoms with Crippen molar-refractivity contribution in [2.45, 2.75) is 19.4 Å². The van der Waals surface area contributed by atoms with Gasteiger partial charge in [-0.05, 0) is 20.9 Å². The Morgan fingerprint density at radius 1 is 1.31 bits per heavy atom. The summed E-state index contributed by atoms with van der Waals surface area (Å²) in [6.45, 7) is 5.68. The Morgan fingerprint density at radius 3 is 2.23 bits per heavy atom. The number of likely N-dealkylation sites (N-methyl/N-ethyl adjacent to an activating group) is 1. The summed E-state index contributed by atoms with van der Waals surface area (Å²) in [5.74, 6) is 0. The molecule has 1 aliphatic heterocycles. The Balaban J connectivity index is 2.78. The molecule has 0 bridgehead atoms. The minimum Gasteiger partial charge on any atom is -0.299 e. The van der Waals surface area contributed by atoms with Crippen molar-refractivity contribution in [2.75, 3.05) is 26.7 Å². The average Bonchev–Trinajstić information content (AvgIpc) is 1.92. The quantitative estimate of drug-likeness (QED) is 0.613. The zero-order chi connectivity index (χ0) is 10.3. The van der Waals surface area contributed by atoms with Crippen LogP contribution in [0.2, 0.25) is 0 Å². The van der Waals surface area contributed by atoms with Crippen LogP contribution in [-0.4, -0.2) is 49.8 Å². The molecule has 1 rings (SSSR count). The summed E-state index contributed by atoms with van der Waals surface area (Å²) in [5, 5.41) is 5.06. The smallest absolute Gasteiger partial charge is 0.277 e. The predicted octanol–water partition coefficient (Wildman–Crippen LogP) is -0.784. The van der Waals surface area contributed by atoms with Crippen LogP contribution in [0.3, 0.4) is 0 Å². The fourth-order valence-corrected chi connectivity index (χ4v) is 2.24. The highest BCUT2D eigenvalue weighted by atomic mass is 32.2. The zero-order valence-corrected chi connectivity index (χ0v) is 9.13. The monoisotopic (exact) mass is 207 g/mol. The summed E-state index contributed by atoms with van der Waals surface area (Å²) in [6, 6.07) is 0. The van der Waals surface area contributed by atoms with Crippen LogP contribution in [0.1, 0.15) is 13.8 Å². The number of piperazine rings is 1. The van der Waals surface area contributed by atoms with E-state index in [-0.39, 0.29) is 5.54 Å². The molecule has 0 amide bonds. The number of hydrogen-bond acceptors (Lipinski definition) is 3. The second-order valence-corrected chi connectivity index (χ2v) is 5.66. The Morgan fingerprint density at radius 2 is 1.85 bits per heavy atom. The molecule has 0 aliphatic carbocycles. The van der Waals surface area contributed by atoms with Crippen molar-refractivity contribution in [3.8, 4) is 0 Å². The molecule has 1 saturated heterocycles. The van der Waals surface area contributed by atoms with Gasteiger partial charge in [-0.25, -0.2) is 5.14 Å².